The molecule has 2 rings (SSSR count). The Bertz CT molecular complexity index is 304. The lowest BCUT2D eigenvalue weighted by atomic mass is 10.0. The number of carbonyl (C=O) groups is 1. The molecule has 0 aromatic rings. The van der Waals surface area contributed by atoms with Crippen LogP contribution in [0.1, 0.15) is 26.2 Å². The van der Waals surface area contributed by atoms with Crippen LogP contribution in [-0.2, 0) is 9.53 Å². The van der Waals surface area contributed by atoms with Crippen LogP contribution < -0.4 is 5.32 Å². The summed E-state index contributed by atoms with van der Waals surface area (Å²) in [5, 5.41) is 11.7. The van der Waals surface area contributed by atoms with Crippen molar-refractivity contribution in [1.29, 1.82) is 5.26 Å². The average molecular weight is 208 g/mol. The lowest BCUT2D eigenvalue weighted by Crippen LogP contribution is -2.36. The highest BCUT2D eigenvalue weighted by molar-refractivity contribution is 5.88. The maximum absolute atomic E-state index is 11.6. The van der Waals surface area contributed by atoms with Gasteiger partial charge in [-0.1, -0.05) is 0 Å². The number of nitrogens with one attached hydrogen (secondary N) is 1. The van der Waals surface area contributed by atoms with Gasteiger partial charge in [0.1, 0.15) is 5.41 Å². The zero-order valence-corrected chi connectivity index (χ0v) is 8.95. The topological polar surface area (TPSA) is 62.1 Å². The summed E-state index contributed by atoms with van der Waals surface area (Å²) >= 11 is 0. The third-order valence-corrected chi connectivity index (χ3v) is 3.46. The van der Waals surface area contributed by atoms with Crippen LogP contribution in [0.4, 0.5) is 0 Å². The second-order valence-electron chi connectivity index (χ2n) is 4.53. The molecule has 1 saturated heterocycles. The lowest BCUT2D eigenvalue weighted by molar-refractivity contribution is -0.124. The first-order valence-corrected chi connectivity index (χ1v) is 5.49. The molecule has 0 bridgehead atoms. The number of hydrogen-bond acceptors (Lipinski definition) is 3. The van der Waals surface area contributed by atoms with Crippen molar-refractivity contribution in [1.82, 2.24) is 5.32 Å². The number of ether oxygens (including phenoxy) is 1. The summed E-state index contributed by atoms with van der Waals surface area (Å²) in [6.07, 6.45) is 2.65. The van der Waals surface area contributed by atoms with E-state index in [-0.39, 0.29) is 12.0 Å². The van der Waals surface area contributed by atoms with Crippen molar-refractivity contribution < 1.29 is 9.53 Å². The van der Waals surface area contributed by atoms with E-state index in [1.54, 1.807) is 0 Å². The summed E-state index contributed by atoms with van der Waals surface area (Å²) < 4.78 is 5.41. The SMILES string of the molecule is CC1OCCC1CNC(=O)C1(C#N)CC1. The molecular weight excluding hydrogens is 192 g/mol. The van der Waals surface area contributed by atoms with Gasteiger partial charge < -0.3 is 10.1 Å². The molecule has 2 fully saturated rings. The minimum Gasteiger partial charge on any atom is -0.378 e. The fourth-order valence-corrected chi connectivity index (χ4v) is 1.95. The first kappa shape index (κ1) is 10.4. The van der Waals surface area contributed by atoms with Gasteiger partial charge in [0.05, 0.1) is 12.2 Å². The summed E-state index contributed by atoms with van der Waals surface area (Å²) in [5.41, 5.74) is -0.692. The lowest BCUT2D eigenvalue weighted by Gasteiger charge is -2.15. The number of nitrogens with zero attached hydrogens (tertiary/aromatic N) is 1. The third kappa shape index (κ3) is 1.98. The van der Waals surface area contributed by atoms with E-state index >= 15 is 0 Å². The monoisotopic (exact) mass is 208 g/mol. The molecule has 2 unspecified atom stereocenters. The second-order valence-corrected chi connectivity index (χ2v) is 4.53. The van der Waals surface area contributed by atoms with Crippen LogP contribution >= 0.6 is 0 Å². The summed E-state index contributed by atoms with van der Waals surface area (Å²) in [4.78, 5) is 11.6. The number of hydrogen-bond donors (Lipinski definition) is 1. The summed E-state index contributed by atoms with van der Waals surface area (Å²) in [6, 6.07) is 2.10. The van der Waals surface area contributed by atoms with E-state index in [1.165, 1.54) is 0 Å². The minimum absolute atomic E-state index is 0.0934. The molecule has 4 heteroatoms. The van der Waals surface area contributed by atoms with Crippen LogP contribution in [0.2, 0.25) is 0 Å². The summed E-state index contributed by atoms with van der Waals surface area (Å²) in [7, 11) is 0. The molecule has 1 N–H and O–H groups in total. The second kappa shape index (κ2) is 3.82. The van der Waals surface area contributed by atoms with Crippen molar-refractivity contribution in [2.45, 2.75) is 32.3 Å². The van der Waals surface area contributed by atoms with Crippen molar-refractivity contribution in [3.8, 4) is 6.07 Å². The quantitative estimate of drug-likeness (QED) is 0.747. The van der Waals surface area contributed by atoms with E-state index in [1.807, 2.05) is 6.92 Å². The highest BCUT2D eigenvalue weighted by Crippen LogP contribution is 2.45. The molecule has 1 amide bonds. The molecule has 1 aliphatic carbocycles. The van der Waals surface area contributed by atoms with Gasteiger partial charge in [0.15, 0.2) is 0 Å². The van der Waals surface area contributed by atoms with Gasteiger partial charge in [-0.3, -0.25) is 4.79 Å². The first-order chi connectivity index (χ1) is 7.18. The number of rotatable bonds is 3. The Morgan fingerprint density at radius 2 is 2.40 bits per heavy atom. The molecule has 1 aliphatic heterocycles. The molecule has 0 aromatic carbocycles. The van der Waals surface area contributed by atoms with Crippen LogP contribution in [-0.4, -0.2) is 25.2 Å². The molecular formula is C11H16N2O2. The third-order valence-electron chi connectivity index (χ3n) is 3.46. The molecule has 0 spiro atoms. The molecule has 82 valence electrons. The van der Waals surface area contributed by atoms with E-state index in [0.717, 1.165) is 13.0 Å². The molecule has 15 heavy (non-hydrogen) atoms. The van der Waals surface area contributed by atoms with Crippen molar-refractivity contribution in [3.63, 3.8) is 0 Å². The molecule has 0 aromatic heterocycles. The number of carbonyl (C=O) groups excluding carboxylic acids is 1. The van der Waals surface area contributed by atoms with Crippen LogP contribution in [0.15, 0.2) is 0 Å². The van der Waals surface area contributed by atoms with E-state index in [2.05, 4.69) is 11.4 Å². The molecule has 4 nitrogen and oxygen atoms in total. The van der Waals surface area contributed by atoms with Crippen LogP contribution in [0.3, 0.4) is 0 Å². The first-order valence-electron chi connectivity index (χ1n) is 5.49. The van der Waals surface area contributed by atoms with Gasteiger partial charge in [0.25, 0.3) is 0 Å². The van der Waals surface area contributed by atoms with Gasteiger partial charge in [-0.15, -0.1) is 0 Å². The average Bonchev–Trinajstić information content (AvgIpc) is 2.94. The van der Waals surface area contributed by atoms with Gasteiger partial charge in [0.2, 0.25) is 5.91 Å². The van der Waals surface area contributed by atoms with Crippen LogP contribution in [0.25, 0.3) is 0 Å². The van der Waals surface area contributed by atoms with Crippen molar-refractivity contribution in [3.05, 3.63) is 0 Å². The van der Waals surface area contributed by atoms with E-state index in [0.29, 0.717) is 25.3 Å². The fourth-order valence-electron chi connectivity index (χ4n) is 1.95. The summed E-state index contributed by atoms with van der Waals surface area (Å²) in [6.45, 7) is 3.45. The van der Waals surface area contributed by atoms with Gasteiger partial charge >= 0.3 is 0 Å². The molecule has 1 heterocycles. The van der Waals surface area contributed by atoms with Gasteiger partial charge in [-0.05, 0) is 26.2 Å². The van der Waals surface area contributed by atoms with E-state index < -0.39 is 5.41 Å². The fraction of sp³-hybridized carbons (Fsp3) is 0.818. The van der Waals surface area contributed by atoms with Crippen LogP contribution in [0.5, 0.6) is 0 Å². The van der Waals surface area contributed by atoms with Gasteiger partial charge in [-0.25, -0.2) is 0 Å². The minimum atomic E-state index is -0.692. The zero-order chi connectivity index (χ0) is 10.9. The predicted molar refractivity (Wildman–Crippen MR) is 53.8 cm³/mol. The van der Waals surface area contributed by atoms with Crippen molar-refractivity contribution in [2.75, 3.05) is 13.2 Å². The molecule has 1 saturated carbocycles. The predicted octanol–water partition coefficient (Wildman–Crippen LogP) is 0.831. The van der Waals surface area contributed by atoms with Gasteiger partial charge in [-0.2, -0.15) is 5.26 Å². The Labute approximate surface area is 89.6 Å². The van der Waals surface area contributed by atoms with E-state index in [4.69, 9.17) is 10.00 Å². The Balaban J connectivity index is 1.79. The van der Waals surface area contributed by atoms with E-state index in [9.17, 15) is 4.79 Å². The Morgan fingerprint density at radius 3 is 2.87 bits per heavy atom. The van der Waals surface area contributed by atoms with Crippen LogP contribution in [0, 0.1) is 22.7 Å². The maximum atomic E-state index is 11.6. The van der Waals surface area contributed by atoms with Crippen molar-refractivity contribution >= 4 is 5.91 Å². The summed E-state index contributed by atoms with van der Waals surface area (Å²) in [5.74, 6) is 0.313. The number of nitriles is 1. The Morgan fingerprint density at radius 1 is 1.67 bits per heavy atom. The molecule has 2 aliphatic rings. The highest BCUT2D eigenvalue weighted by Gasteiger charge is 2.50. The zero-order valence-electron chi connectivity index (χ0n) is 8.95. The normalized spacial score (nSPS) is 32.0. The molecule has 2 atom stereocenters. The number of amides is 1. The maximum Gasteiger partial charge on any atom is 0.240 e. The smallest absolute Gasteiger partial charge is 0.240 e. The standard InChI is InChI=1S/C11H16N2O2/c1-8-9(2-5-15-8)6-13-10(14)11(7-12)3-4-11/h8-9H,2-6H2,1H3,(H,13,14). The van der Waals surface area contributed by atoms with Gasteiger partial charge in [0, 0.05) is 19.1 Å². The highest BCUT2D eigenvalue weighted by atomic mass is 16.5. The Kier molecular flexibility index (Phi) is 2.66. The Hall–Kier alpha value is -1.08. The van der Waals surface area contributed by atoms with Crippen molar-refractivity contribution in [2.24, 2.45) is 11.3 Å². The molecule has 0 radical (unpaired) electrons. The largest absolute Gasteiger partial charge is 0.378 e.